The highest BCUT2D eigenvalue weighted by atomic mass is 19.1. The predicted molar refractivity (Wildman–Crippen MR) is 118 cm³/mol. The number of rotatable bonds is 10. The molecule has 1 saturated heterocycles. The van der Waals surface area contributed by atoms with E-state index in [1.54, 1.807) is 24.7 Å². The van der Waals surface area contributed by atoms with Crippen molar-refractivity contribution in [1.82, 2.24) is 10.4 Å². The third-order valence-electron chi connectivity index (χ3n) is 6.34. The Morgan fingerprint density at radius 2 is 1.81 bits per heavy atom. The molecule has 174 valence electrons. The number of likely N-dealkylation sites (tertiary alicyclic amines) is 1. The molecule has 1 amide bonds. The summed E-state index contributed by atoms with van der Waals surface area (Å²) in [5.41, 5.74) is 3.72. The zero-order chi connectivity index (χ0) is 22.9. The van der Waals surface area contributed by atoms with Crippen LogP contribution in [-0.4, -0.2) is 42.8 Å². The number of methoxy groups -OCH3 is 1. The van der Waals surface area contributed by atoms with Crippen LogP contribution in [0.4, 0.5) is 8.78 Å². The van der Waals surface area contributed by atoms with Crippen LogP contribution in [0.3, 0.4) is 0 Å². The SMILES string of the molecule is CO[C@H](C[C@H](CCN1CCCC(Cc2ccc(F)cc2)C1)C(=O)NO)c1ccc(F)cc1. The molecule has 0 spiro atoms. The number of hydrogen-bond acceptors (Lipinski definition) is 4. The number of hydrogen-bond donors (Lipinski definition) is 2. The first-order valence-electron chi connectivity index (χ1n) is 11.2. The summed E-state index contributed by atoms with van der Waals surface area (Å²) < 4.78 is 32.0. The lowest BCUT2D eigenvalue weighted by Gasteiger charge is -2.34. The Hall–Kier alpha value is -2.35. The normalized spacial score (nSPS) is 18.8. The van der Waals surface area contributed by atoms with Crippen LogP contribution >= 0.6 is 0 Å². The van der Waals surface area contributed by atoms with Crippen molar-refractivity contribution >= 4 is 5.91 Å². The van der Waals surface area contributed by atoms with Gasteiger partial charge in [0.15, 0.2) is 0 Å². The van der Waals surface area contributed by atoms with E-state index >= 15 is 0 Å². The fourth-order valence-electron chi connectivity index (χ4n) is 4.56. The number of halogens is 2. The van der Waals surface area contributed by atoms with Crippen molar-refractivity contribution < 1.29 is 23.5 Å². The third kappa shape index (κ3) is 7.08. The smallest absolute Gasteiger partial charge is 0.246 e. The van der Waals surface area contributed by atoms with Gasteiger partial charge in [0.25, 0.3) is 0 Å². The molecule has 2 aromatic rings. The van der Waals surface area contributed by atoms with Gasteiger partial charge in [0.1, 0.15) is 11.6 Å². The second-order valence-corrected chi connectivity index (χ2v) is 8.61. The molecule has 1 unspecified atom stereocenters. The molecule has 0 aromatic heterocycles. The Kier molecular flexibility index (Phi) is 9.14. The number of hydroxylamine groups is 1. The van der Waals surface area contributed by atoms with E-state index in [4.69, 9.17) is 4.74 Å². The van der Waals surface area contributed by atoms with Gasteiger partial charge in [0.2, 0.25) is 5.91 Å². The van der Waals surface area contributed by atoms with Crippen LogP contribution in [0.1, 0.15) is 42.9 Å². The van der Waals surface area contributed by atoms with Crippen molar-refractivity contribution in [2.75, 3.05) is 26.7 Å². The maximum absolute atomic E-state index is 13.3. The largest absolute Gasteiger partial charge is 0.377 e. The Morgan fingerprint density at radius 3 is 2.44 bits per heavy atom. The molecule has 2 aromatic carbocycles. The monoisotopic (exact) mass is 446 g/mol. The molecule has 0 saturated carbocycles. The fourth-order valence-corrected chi connectivity index (χ4v) is 4.56. The second kappa shape index (κ2) is 12.0. The van der Waals surface area contributed by atoms with Crippen molar-refractivity contribution in [3.8, 4) is 0 Å². The Morgan fingerprint density at radius 1 is 1.16 bits per heavy atom. The molecule has 7 heteroatoms. The molecule has 3 rings (SSSR count). The summed E-state index contributed by atoms with van der Waals surface area (Å²) in [6, 6.07) is 12.7. The number of piperidine rings is 1. The van der Waals surface area contributed by atoms with Crippen LogP contribution in [0.15, 0.2) is 48.5 Å². The second-order valence-electron chi connectivity index (χ2n) is 8.61. The van der Waals surface area contributed by atoms with Crippen LogP contribution in [0, 0.1) is 23.5 Å². The van der Waals surface area contributed by atoms with Gasteiger partial charge in [0.05, 0.1) is 6.10 Å². The van der Waals surface area contributed by atoms with Crippen molar-refractivity contribution in [3.05, 3.63) is 71.3 Å². The summed E-state index contributed by atoms with van der Waals surface area (Å²) in [5, 5.41) is 9.23. The van der Waals surface area contributed by atoms with Crippen molar-refractivity contribution in [2.24, 2.45) is 11.8 Å². The summed E-state index contributed by atoms with van der Waals surface area (Å²) in [5.74, 6) is -0.928. The average molecular weight is 447 g/mol. The minimum absolute atomic E-state index is 0.220. The van der Waals surface area contributed by atoms with Gasteiger partial charge in [-0.1, -0.05) is 24.3 Å². The minimum atomic E-state index is -0.438. The number of carbonyl (C=O) groups excluding carboxylic acids is 1. The predicted octanol–water partition coefficient (Wildman–Crippen LogP) is 4.51. The first-order chi connectivity index (χ1) is 15.5. The van der Waals surface area contributed by atoms with Gasteiger partial charge in [-0.15, -0.1) is 0 Å². The first-order valence-corrected chi connectivity index (χ1v) is 11.2. The molecule has 0 bridgehead atoms. The van der Waals surface area contributed by atoms with Crippen molar-refractivity contribution in [1.29, 1.82) is 0 Å². The van der Waals surface area contributed by atoms with E-state index < -0.39 is 11.8 Å². The summed E-state index contributed by atoms with van der Waals surface area (Å²) in [6.45, 7) is 2.63. The van der Waals surface area contributed by atoms with E-state index in [1.165, 1.54) is 24.3 Å². The molecule has 5 nitrogen and oxygen atoms in total. The lowest BCUT2D eigenvalue weighted by Crippen LogP contribution is -2.39. The zero-order valence-corrected chi connectivity index (χ0v) is 18.5. The van der Waals surface area contributed by atoms with E-state index in [2.05, 4.69) is 4.90 Å². The van der Waals surface area contributed by atoms with E-state index in [0.717, 1.165) is 50.0 Å². The number of nitrogens with one attached hydrogen (secondary N) is 1. The van der Waals surface area contributed by atoms with E-state index in [9.17, 15) is 18.8 Å². The van der Waals surface area contributed by atoms with Gasteiger partial charge in [-0.05, 0) is 86.5 Å². The summed E-state index contributed by atoms with van der Waals surface area (Å²) in [6.07, 6.45) is 3.72. The van der Waals surface area contributed by atoms with E-state index in [-0.39, 0.29) is 17.7 Å². The molecule has 2 N–H and O–H groups in total. The molecule has 1 heterocycles. The lowest BCUT2D eigenvalue weighted by atomic mass is 9.90. The molecular formula is C25H32F2N2O3. The fraction of sp³-hybridized carbons (Fsp3) is 0.480. The molecule has 1 fully saturated rings. The topological polar surface area (TPSA) is 61.8 Å². The highest BCUT2D eigenvalue weighted by Gasteiger charge is 2.26. The standard InChI is InChI=1S/C25H32F2N2O3/c1-32-24(20-6-10-23(27)11-7-20)16-21(25(30)28-31)12-14-29-13-2-3-19(17-29)15-18-4-8-22(26)9-5-18/h4-11,19,21,24,31H,2-3,12-17H2,1H3,(H,28,30)/t19?,21-,24+/m0/s1. The highest BCUT2D eigenvalue weighted by molar-refractivity contribution is 5.77. The van der Waals surface area contributed by atoms with Crippen LogP contribution in [0.2, 0.25) is 0 Å². The Labute approximate surface area is 188 Å². The molecular weight excluding hydrogens is 414 g/mol. The third-order valence-corrected chi connectivity index (χ3v) is 6.34. The minimum Gasteiger partial charge on any atom is -0.377 e. The van der Waals surface area contributed by atoms with Gasteiger partial charge in [0, 0.05) is 19.6 Å². The summed E-state index contributed by atoms with van der Waals surface area (Å²) in [7, 11) is 1.56. The van der Waals surface area contributed by atoms with Crippen molar-refractivity contribution in [3.63, 3.8) is 0 Å². The molecule has 3 atom stereocenters. The van der Waals surface area contributed by atoms with Crippen LogP contribution in [0.5, 0.6) is 0 Å². The van der Waals surface area contributed by atoms with Gasteiger partial charge in [-0.25, -0.2) is 14.3 Å². The molecule has 1 aliphatic heterocycles. The number of benzene rings is 2. The Bertz CT molecular complexity index is 845. The molecule has 0 radical (unpaired) electrons. The quantitative estimate of drug-likeness (QED) is 0.417. The molecule has 0 aliphatic carbocycles. The van der Waals surface area contributed by atoms with Gasteiger partial charge < -0.3 is 9.64 Å². The van der Waals surface area contributed by atoms with Crippen LogP contribution in [0.25, 0.3) is 0 Å². The van der Waals surface area contributed by atoms with Gasteiger partial charge in [-0.3, -0.25) is 10.0 Å². The average Bonchev–Trinajstić information content (AvgIpc) is 2.81. The maximum Gasteiger partial charge on any atom is 0.246 e. The van der Waals surface area contributed by atoms with Crippen LogP contribution in [-0.2, 0) is 16.0 Å². The summed E-state index contributed by atoms with van der Waals surface area (Å²) >= 11 is 0. The number of amides is 1. The highest BCUT2D eigenvalue weighted by Crippen LogP contribution is 2.28. The zero-order valence-electron chi connectivity index (χ0n) is 18.5. The van der Waals surface area contributed by atoms with Crippen molar-refractivity contribution in [2.45, 2.75) is 38.2 Å². The Balaban J connectivity index is 1.56. The van der Waals surface area contributed by atoms with E-state index in [0.29, 0.717) is 18.8 Å². The first kappa shape index (κ1) is 24.3. The number of carbonyl (C=O) groups is 1. The van der Waals surface area contributed by atoms with Crippen LogP contribution < -0.4 is 5.48 Å². The molecule has 1 aliphatic rings. The number of nitrogens with zero attached hydrogens (tertiary/aromatic N) is 1. The van der Waals surface area contributed by atoms with Gasteiger partial charge in [-0.2, -0.15) is 0 Å². The molecule has 32 heavy (non-hydrogen) atoms. The van der Waals surface area contributed by atoms with Gasteiger partial charge >= 0.3 is 0 Å². The lowest BCUT2D eigenvalue weighted by molar-refractivity contribution is -0.135. The number of ether oxygens (including phenoxy) is 1. The maximum atomic E-state index is 13.3. The van der Waals surface area contributed by atoms with E-state index in [1.807, 2.05) is 12.1 Å². The summed E-state index contributed by atoms with van der Waals surface area (Å²) in [4.78, 5) is 14.7.